The minimum Gasteiger partial charge on any atom is -0.381 e. The number of hydrogen-bond donors (Lipinski definition) is 1. The Labute approximate surface area is 112 Å². The van der Waals surface area contributed by atoms with Crippen LogP contribution in [-0.2, 0) is 11.3 Å². The first-order valence-electron chi connectivity index (χ1n) is 6.74. The quantitative estimate of drug-likeness (QED) is 0.898. The molecule has 19 heavy (non-hydrogen) atoms. The number of ether oxygens (including phenoxy) is 1. The number of nitrogens with zero attached hydrogens (tertiary/aromatic N) is 3. The molecule has 2 aromatic heterocycles. The summed E-state index contributed by atoms with van der Waals surface area (Å²) in [6, 6.07) is 2.03. The average Bonchev–Trinajstić information content (AvgIpc) is 2.65. The maximum Gasteiger partial charge on any atom is 0.202 e. The van der Waals surface area contributed by atoms with Crippen LogP contribution in [0.5, 0.6) is 0 Å². The van der Waals surface area contributed by atoms with Crippen molar-refractivity contribution in [3.05, 3.63) is 17.8 Å². The number of aromatic nitrogens is 3. The molecule has 0 unspecified atom stereocenters. The summed E-state index contributed by atoms with van der Waals surface area (Å²) in [7, 11) is 0. The summed E-state index contributed by atoms with van der Waals surface area (Å²) in [5.41, 5.74) is 9.15. The number of aryl methyl sites for hydroxylation is 1. The third kappa shape index (κ3) is 2.30. The number of pyridine rings is 1. The summed E-state index contributed by atoms with van der Waals surface area (Å²) >= 11 is 0. The Balaban J connectivity index is 1.98. The van der Waals surface area contributed by atoms with Gasteiger partial charge in [0, 0.05) is 26.0 Å². The smallest absolute Gasteiger partial charge is 0.202 e. The first-order valence-corrected chi connectivity index (χ1v) is 6.74. The molecule has 0 bridgehead atoms. The number of anilines is 1. The Morgan fingerprint density at radius 1 is 1.42 bits per heavy atom. The molecule has 3 rings (SSSR count). The fraction of sp³-hybridized carbons (Fsp3) is 0.571. The minimum atomic E-state index is 0.215. The van der Waals surface area contributed by atoms with Gasteiger partial charge in [0.25, 0.3) is 0 Å². The second-order valence-corrected chi connectivity index (χ2v) is 5.83. The second kappa shape index (κ2) is 4.49. The second-order valence-electron chi connectivity index (χ2n) is 5.83. The molecule has 5 nitrogen and oxygen atoms in total. The Kier molecular flexibility index (Phi) is 2.93. The molecule has 1 aliphatic heterocycles. The maximum absolute atomic E-state index is 6.06. The average molecular weight is 260 g/mol. The molecule has 0 amide bonds. The van der Waals surface area contributed by atoms with Crippen molar-refractivity contribution in [2.24, 2.45) is 5.41 Å². The van der Waals surface area contributed by atoms with Gasteiger partial charge in [0.15, 0.2) is 5.65 Å². The summed E-state index contributed by atoms with van der Waals surface area (Å²) in [6.45, 7) is 6.82. The van der Waals surface area contributed by atoms with Gasteiger partial charge in [-0.05, 0) is 36.8 Å². The number of nitrogens with two attached hydrogens (primary N) is 1. The Hall–Kier alpha value is -1.62. The topological polar surface area (TPSA) is 66.0 Å². The predicted molar refractivity (Wildman–Crippen MR) is 74.8 cm³/mol. The highest BCUT2D eigenvalue weighted by molar-refractivity contribution is 5.74. The fourth-order valence-electron chi connectivity index (χ4n) is 2.69. The Bertz CT molecular complexity index is 599. The largest absolute Gasteiger partial charge is 0.381 e. The van der Waals surface area contributed by atoms with E-state index in [1.807, 2.05) is 23.8 Å². The number of hydrogen-bond acceptors (Lipinski definition) is 4. The van der Waals surface area contributed by atoms with Crippen LogP contribution in [0.15, 0.2) is 12.3 Å². The first kappa shape index (κ1) is 12.4. The zero-order valence-corrected chi connectivity index (χ0v) is 11.5. The van der Waals surface area contributed by atoms with Gasteiger partial charge < -0.3 is 10.5 Å². The molecule has 2 N–H and O–H groups in total. The van der Waals surface area contributed by atoms with Gasteiger partial charge in [0.2, 0.25) is 5.95 Å². The number of rotatable bonds is 2. The van der Waals surface area contributed by atoms with E-state index >= 15 is 0 Å². The van der Waals surface area contributed by atoms with Crippen molar-refractivity contribution in [1.82, 2.24) is 14.5 Å². The Morgan fingerprint density at radius 2 is 2.16 bits per heavy atom. The maximum atomic E-state index is 6.06. The van der Waals surface area contributed by atoms with Crippen LogP contribution in [0.2, 0.25) is 0 Å². The van der Waals surface area contributed by atoms with Gasteiger partial charge in [0.1, 0.15) is 5.52 Å². The molecular weight excluding hydrogens is 240 g/mol. The number of fused-ring (bicyclic) bond motifs is 1. The molecular formula is C14H20N4O. The molecule has 2 aromatic rings. The molecule has 0 atom stereocenters. The van der Waals surface area contributed by atoms with Gasteiger partial charge in [-0.2, -0.15) is 0 Å². The predicted octanol–water partition coefficient (Wildman–Crippen LogP) is 2.14. The molecule has 0 spiro atoms. The lowest BCUT2D eigenvalue weighted by atomic mass is 9.82. The van der Waals surface area contributed by atoms with Gasteiger partial charge in [-0.25, -0.2) is 9.97 Å². The highest BCUT2D eigenvalue weighted by Crippen LogP contribution is 2.33. The van der Waals surface area contributed by atoms with E-state index in [1.165, 1.54) is 0 Å². The summed E-state index contributed by atoms with van der Waals surface area (Å²) in [4.78, 5) is 8.90. The molecule has 0 radical (unpaired) electrons. The highest BCUT2D eigenvalue weighted by atomic mass is 16.5. The third-order valence-electron chi connectivity index (χ3n) is 3.99. The van der Waals surface area contributed by atoms with Gasteiger partial charge in [-0.15, -0.1) is 0 Å². The van der Waals surface area contributed by atoms with Crippen molar-refractivity contribution in [1.29, 1.82) is 0 Å². The standard InChI is InChI=1S/C14H20N4O/c1-10-7-11-12(16-8-10)18(13(15)17-11)9-14(2)3-5-19-6-4-14/h7-8H,3-6,9H2,1-2H3,(H2,15,17). The van der Waals surface area contributed by atoms with Crippen LogP contribution in [0.1, 0.15) is 25.3 Å². The summed E-state index contributed by atoms with van der Waals surface area (Å²) in [5.74, 6) is 0.556. The van der Waals surface area contributed by atoms with Crippen LogP contribution in [0.3, 0.4) is 0 Å². The summed E-state index contributed by atoms with van der Waals surface area (Å²) in [6.07, 6.45) is 3.97. The molecule has 1 fully saturated rings. The fourth-order valence-corrected chi connectivity index (χ4v) is 2.69. The number of nitrogen functional groups attached to an aromatic ring is 1. The molecule has 0 aliphatic carbocycles. The summed E-state index contributed by atoms with van der Waals surface area (Å²) < 4.78 is 7.49. The zero-order valence-electron chi connectivity index (χ0n) is 11.5. The van der Waals surface area contributed by atoms with Crippen LogP contribution in [0, 0.1) is 12.3 Å². The van der Waals surface area contributed by atoms with Crippen molar-refractivity contribution in [2.45, 2.75) is 33.2 Å². The van der Waals surface area contributed by atoms with Crippen molar-refractivity contribution in [3.63, 3.8) is 0 Å². The lowest BCUT2D eigenvalue weighted by Gasteiger charge is -2.34. The molecule has 3 heterocycles. The van der Waals surface area contributed by atoms with Gasteiger partial charge in [0.05, 0.1) is 0 Å². The van der Waals surface area contributed by atoms with E-state index in [0.29, 0.717) is 5.95 Å². The van der Waals surface area contributed by atoms with Gasteiger partial charge >= 0.3 is 0 Å². The third-order valence-corrected chi connectivity index (χ3v) is 3.99. The van der Waals surface area contributed by atoms with Gasteiger partial charge in [-0.1, -0.05) is 6.92 Å². The van der Waals surface area contributed by atoms with E-state index in [2.05, 4.69) is 16.9 Å². The van der Waals surface area contributed by atoms with E-state index < -0.39 is 0 Å². The molecule has 0 aromatic carbocycles. The van der Waals surface area contributed by atoms with E-state index in [4.69, 9.17) is 10.5 Å². The molecule has 1 saturated heterocycles. The molecule has 0 saturated carbocycles. The van der Waals surface area contributed by atoms with Crippen molar-refractivity contribution >= 4 is 17.1 Å². The summed E-state index contributed by atoms with van der Waals surface area (Å²) in [5, 5.41) is 0. The van der Waals surface area contributed by atoms with E-state index in [1.54, 1.807) is 0 Å². The normalized spacial score (nSPS) is 18.8. The molecule has 5 heteroatoms. The first-order chi connectivity index (χ1) is 9.07. The Morgan fingerprint density at radius 3 is 2.89 bits per heavy atom. The van der Waals surface area contributed by atoms with Crippen LogP contribution in [0.25, 0.3) is 11.2 Å². The molecule has 1 aliphatic rings. The van der Waals surface area contributed by atoms with Crippen molar-refractivity contribution < 1.29 is 4.74 Å². The van der Waals surface area contributed by atoms with Crippen molar-refractivity contribution in [2.75, 3.05) is 18.9 Å². The van der Waals surface area contributed by atoms with Crippen molar-refractivity contribution in [3.8, 4) is 0 Å². The van der Waals surface area contributed by atoms with E-state index in [-0.39, 0.29) is 5.41 Å². The monoisotopic (exact) mass is 260 g/mol. The zero-order chi connectivity index (χ0) is 13.5. The number of imidazole rings is 1. The van der Waals surface area contributed by atoms with E-state index in [9.17, 15) is 0 Å². The SMILES string of the molecule is Cc1cnc2c(c1)nc(N)n2CC1(C)CCOCC1. The minimum absolute atomic E-state index is 0.215. The van der Waals surface area contributed by atoms with Crippen LogP contribution in [-0.4, -0.2) is 27.7 Å². The lowest BCUT2D eigenvalue weighted by molar-refractivity contribution is 0.0162. The van der Waals surface area contributed by atoms with Gasteiger partial charge in [-0.3, -0.25) is 4.57 Å². The van der Waals surface area contributed by atoms with Crippen LogP contribution < -0.4 is 5.73 Å². The van der Waals surface area contributed by atoms with Crippen LogP contribution in [0.4, 0.5) is 5.95 Å². The van der Waals surface area contributed by atoms with E-state index in [0.717, 1.165) is 49.3 Å². The van der Waals surface area contributed by atoms with Crippen LogP contribution >= 0.6 is 0 Å². The lowest BCUT2D eigenvalue weighted by Crippen LogP contribution is -2.31. The highest BCUT2D eigenvalue weighted by Gasteiger charge is 2.29. The molecule has 102 valence electrons.